The third kappa shape index (κ3) is 3.64. The quantitative estimate of drug-likeness (QED) is 0.844. The van der Waals surface area contributed by atoms with Crippen molar-refractivity contribution >= 4 is 21.6 Å². The van der Waals surface area contributed by atoms with Crippen LogP contribution in [0.2, 0.25) is 0 Å². The van der Waals surface area contributed by atoms with Crippen LogP contribution in [-0.2, 0) is 10.0 Å². The molecule has 5 nitrogen and oxygen atoms in total. The summed E-state index contributed by atoms with van der Waals surface area (Å²) in [6.07, 6.45) is 7.11. The summed E-state index contributed by atoms with van der Waals surface area (Å²) in [5.74, 6) is 2.15. The number of sulfonamides is 1. The van der Waals surface area contributed by atoms with Crippen molar-refractivity contribution in [3.05, 3.63) is 59.2 Å². The Balaban J connectivity index is 1.90. The standard InChI is InChI=1S/C20H20N2O3S/c1-3-16-7-6-8-17(13-16)21-20(23)19-14-18(10-9-15(19)2)26(24,25)22-11-4-5-12-22/h1,6-10,13-14H,4-5,11-12H2,2H3,(H,21,23). The van der Waals surface area contributed by atoms with Crippen LogP contribution in [0.3, 0.4) is 0 Å². The fourth-order valence-electron chi connectivity index (χ4n) is 2.97. The smallest absolute Gasteiger partial charge is 0.255 e. The van der Waals surface area contributed by atoms with E-state index in [0.717, 1.165) is 12.8 Å². The van der Waals surface area contributed by atoms with Crippen LogP contribution in [-0.4, -0.2) is 31.7 Å². The number of rotatable bonds is 4. The maximum absolute atomic E-state index is 12.7. The number of anilines is 1. The van der Waals surface area contributed by atoms with Crippen molar-refractivity contribution in [3.8, 4) is 12.3 Å². The predicted molar refractivity (Wildman–Crippen MR) is 102 cm³/mol. The van der Waals surface area contributed by atoms with Crippen LogP contribution >= 0.6 is 0 Å². The molecule has 26 heavy (non-hydrogen) atoms. The molecule has 1 fully saturated rings. The second-order valence-corrected chi connectivity index (χ2v) is 8.21. The molecule has 134 valence electrons. The zero-order chi connectivity index (χ0) is 18.7. The molecule has 2 aromatic carbocycles. The van der Waals surface area contributed by atoms with E-state index in [-0.39, 0.29) is 10.8 Å². The molecular formula is C20H20N2O3S. The molecule has 6 heteroatoms. The summed E-state index contributed by atoms with van der Waals surface area (Å²) in [5, 5.41) is 2.78. The zero-order valence-electron chi connectivity index (χ0n) is 14.5. The van der Waals surface area contributed by atoms with Gasteiger partial charge in [-0.3, -0.25) is 4.79 Å². The molecule has 1 saturated heterocycles. The van der Waals surface area contributed by atoms with Crippen LogP contribution in [0.5, 0.6) is 0 Å². The van der Waals surface area contributed by atoms with Gasteiger partial charge in [0.2, 0.25) is 10.0 Å². The summed E-state index contributed by atoms with van der Waals surface area (Å²) in [5.41, 5.74) is 2.26. The molecule has 0 saturated carbocycles. The topological polar surface area (TPSA) is 66.5 Å². The summed E-state index contributed by atoms with van der Waals surface area (Å²) in [6, 6.07) is 11.6. The second kappa shape index (κ2) is 7.32. The Morgan fingerprint density at radius 1 is 1.15 bits per heavy atom. The highest BCUT2D eigenvalue weighted by Crippen LogP contribution is 2.23. The Bertz CT molecular complexity index is 984. The van der Waals surface area contributed by atoms with Gasteiger partial charge in [0.15, 0.2) is 0 Å². The van der Waals surface area contributed by atoms with Crippen molar-refractivity contribution in [2.24, 2.45) is 0 Å². The monoisotopic (exact) mass is 368 g/mol. The Hall–Kier alpha value is -2.62. The van der Waals surface area contributed by atoms with Crippen LogP contribution in [0, 0.1) is 19.3 Å². The van der Waals surface area contributed by atoms with E-state index in [1.165, 1.54) is 10.4 Å². The number of nitrogens with zero attached hydrogens (tertiary/aromatic N) is 1. The molecule has 0 aliphatic carbocycles. The Kier molecular flexibility index (Phi) is 5.12. The molecule has 0 radical (unpaired) electrons. The van der Waals surface area contributed by atoms with Gasteiger partial charge in [-0.2, -0.15) is 4.31 Å². The maximum Gasteiger partial charge on any atom is 0.255 e. The third-order valence-corrected chi connectivity index (χ3v) is 6.34. The van der Waals surface area contributed by atoms with Crippen molar-refractivity contribution in [2.75, 3.05) is 18.4 Å². The SMILES string of the molecule is C#Cc1cccc(NC(=O)c2cc(S(=O)(=O)N3CCCC3)ccc2C)c1. The van der Waals surface area contributed by atoms with Crippen LogP contribution in [0.4, 0.5) is 5.69 Å². The van der Waals surface area contributed by atoms with E-state index in [0.29, 0.717) is 35.5 Å². The molecule has 1 heterocycles. The molecule has 0 aromatic heterocycles. The summed E-state index contributed by atoms with van der Waals surface area (Å²) < 4.78 is 26.9. The first kappa shape index (κ1) is 18.2. The number of carbonyl (C=O) groups excluding carboxylic acids is 1. The van der Waals surface area contributed by atoms with Gasteiger partial charge < -0.3 is 5.32 Å². The first-order valence-electron chi connectivity index (χ1n) is 8.40. The molecule has 0 bridgehead atoms. The molecule has 2 aromatic rings. The molecule has 1 aliphatic rings. The van der Waals surface area contributed by atoms with Crippen molar-refractivity contribution in [3.63, 3.8) is 0 Å². The summed E-state index contributed by atoms with van der Waals surface area (Å²) in [6.45, 7) is 2.83. The van der Waals surface area contributed by atoms with Crippen molar-refractivity contribution in [1.82, 2.24) is 4.31 Å². The van der Waals surface area contributed by atoms with Gasteiger partial charge in [0.25, 0.3) is 5.91 Å². The highest BCUT2D eigenvalue weighted by atomic mass is 32.2. The zero-order valence-corrected chi connectivity index (χ0v) is 15.3. The van der Waals surface area contributed by atoms with Gasteiger partial charge in [0.05, 0.1) is 4.90 Å². The maximum atomic E-state index is 12.7. The van der Waals surface area contributed by atoms with Gasteiger partial charge in [-0.1, -0.05) is 18.1 Å². The normalized spacial score (nSPS) is 14.8. The number of amides is 1. The number of aryl methyl sites for hydroxylation is 1. The molecule has 0 unspecified atom stereocenters. The van der Waals surface area contributed by atoms with Crippen LogP contribution in [0.25, 0.3) is 0 Å². The van der Waals surface area contributed by atoms with Gasteiger partial charge >= 0.3 is 0 Å². The lowest BCUT2D eigenvalue weighted by Gasteiger charge is -2.17. The number of carbonyl (C=O) groups is 1. The number of nitrogens with one attached hydrogen (secondary N) is 1. The van der Waals surface area contributed by atoms with E-state index >= 15 is 0 Å². The van der Waals surface area contributed by atoms with E-state index < -0.39 is 10.0 Å². The highest BCUT2D eigenvalue weighted by molar-refractivity contribution is 7.89. The van der Waals surface area contributed by atoms with E-state index in [9.17, 15) is 13.2 Å². The molecule has 1 aliphatic heterocycles. The van der Waals surface area contributed by atoms with E-state index in [1.807, 2.05) is 0 Å². The molecule has 0 atom stereocenters. The molecule has 1 amide bonds. The highest BCUT2D eigenvalue weighted by Gasteiger charge is 2.28. The average Bonchev–Trinajstić information content (AvgIpc) is 3.17. The Morgan fingerprint density at radius 3 is 2.58 bits per heavy atom. The van der Waals surface area contributed by atoms with Crippen LogP contribution in [0.1, 0.15) is 34.3 Å². The lowest BCUT2D eigenvalue weighted by atomic mass is 10.1. The average molecular weight is 368 g/mol. The first-order chi connectivity index (χ1) is 12.4. The second-order valence-electron chi connectivity index (χ2n) is 6.27. The van der Waals surface area contributed by atoms with Crippen molar-refractivity contribution in [1.29, 1.82) is 0 Å². The van der Waals surface area contributed by atoms with Gasteiger partial charge in [-0.25, -0.2) is 8.42 Å². The molecule has 0 spiro atoms. The number of hydrogen-bond donors (Lipinski definition) is 1. The number of hydrogen-bond acceptors (Lipinski definition) is 3. The lowest BCUT2D eigenvalue weighted by molar-refractivity contribution is 0.102. The Labute approximate surface area is 154 Å². The summed E-state index contributed by atoms with van der Waals surface area (Å²) in [7, 11) is -3.57. The minimum Gasteiger partial charge on any atom is -0.322 e. The number of terminal acetylenes is 1. The lowest BCUT2D eigenvalue weighted by Crippen LogP contribution is -2.28. The van der Waals surface area contributed by atoms with Crippen LogP contribution < -0.4 is 5.32 Å². The third-order valence-electron chi connectivity index (χ3n) is 4.44. The largest absolute Gasteiger partial charge is 0.322 e. The molecule has 1 N–H and O–H groups in total. The minimum atomic E-state index is -3.57. The fourth-order valence-corrected chi connectivity index (χ4v) is 4.51. The molecular weight excluding hydrogens is 348 g/mol. The number of benzene rings is 2. The van der Waals surface area contributed by atoms with Gasteiger partial charge in [0.1, 0.15) is 0 Å². The van der Waals surface area contributed by atoms with Gasteiger partial charge in [-0.05, 0) is 55.7 Å². The van der Waals surface area contributed by atoms with E-state index in [2.05, 4.69) is 11.2 Å². The minimum absolute atomic E-state index is 0.146. The van der Waals surface area contributed by atoms with Gasteiger partial charge in [-0.15, -0.1) is 6.42 Å². The van der Waals surface area contributed by atoms with Crippen molar-refractivity contribution < 1.29 is 13.2 Å². The van der Waals surface area contributed by atoms with Crippen molar-refractivity contribution in [2.45, 2.75) is 24.7 Å². The van der Waals surface area contributed by atoms with Crippen LogP contribution in [0.15, 0.2) is 47.4 Å². The predicted octanol–water partition coefficient (Wildman–Crippen LogP) is 3.01. The van der Waals surface area contributed by atoms with E-state index in [1.54, 1.807) is 43.3 Å². The fraction of sp³-hybridized carbons (Fsp3) is 0.250. The molecule has 3 rings (SSSR count). The summed E-state index contributed by atoms with van der Waals surface area (Å²) in [4.78, 5) is 12.8. The van der Waals surface area contributed by atoms with Gasteiger partial charge in [0, 0.05) is 29.9 Å². The summed E-state index contributed by atoms with van der Waals surface area (Å²) >= 11 is 0. The Morgan fingerprint density at radius 2 is 1.88 bits per heavy atom. The van der Waals surface area contributed by atoms with E-state index in [4.69, 9.17) is 6.42 Å². The first-order valence-corrected chi connectivity index (χ1v) is 9.84.